The number of hydrogen-bond donors (Lipinski definition) is 1. The first kappa shape index (κ1) is 19.6. The number of aromatic nitrogens is 1. The maximum absolute atomic E-state index is 13.2. The molecule has 0 radical (unpaired) electrons. The van der Waals surface area contributed by atoms with Crippen molar-refractivity contribution in [1.82, 2.24) is 4.57 Å². The van der Waals surface area contributed by atoms with Crippen LogP contribution in [-0.2, 0) is 6.42 Å². The van der Waals surface area contributed by atoms with E-state index in [2.05, 4.69) is 11.9 Å². The van der Waals surface area contributed by atoms with Crippen LogP contribution in [0.3, 0.4) is 0 Å². The van der Waals surface area contributed by atoms with Gasteiger partial charge in [0.15, 0.2) is 0 Å². The van der Waals surface area contributed by atoms with Gasteiger partial charge in [0, 0.05) is 17.0 Å². The van der Waals surface area contributed by atoms with Crippen molar-refractivity contribution in [3.63, 3.8) is 0 Å². The average molecular weight is 396 g/mol. The minimum Gasteiger partial charge on any atom is -0.494 e. The Morgan fingerprint density at radius 2 is 1.63 bits per heavy atom. The molecule has 0 spiro atoms. The van der Waals surface area contributed by atoms with Crippen LogP contribution in [0.15, 0.2) is 76.5 Å². The van der Waals surface area contributed by atoms with Crippen LogP contribution in [0.5, 0.6) is 5.88 Å². The number of aliphatic imine (C=N–C) groups is 1. The second kappa shape index (κ2) is 7.99. The van der Waals surface area contributed by atoms with Gasteiger partial charge >= 0.3 is 0 Å². The summed E-state index contributed by atoms with van der Waals surface area (Å²) in [5, 5.41) is 12.3. The van der Waals surface area contributed by atoms with E-state index in [9.17, 15) is 9.90 Å². The topological polar surface area (TPSA) is 54.6 Å². The molecule has 0 bridgehead atoms. The Morgan fingerprint density at radius 1 is 0.933 bits per heavy atom. The lowest BCUT2D eigenvalue weighted by Gasteiger charge is -2.14. The Kier molecular flexibility index (Phi) is 5.23. The van der Waals surface area contributed by atoms with Crippen LogP contribution in [-0.4, -0.2) is 15.9 Å². The SMILES string of the molecule is CCc1ccc(N=Cc2c(O)n(-c3ccc(C)c(C)c3)c(=O)c3ccccc23)cc1. The highest BCUT2D eigenvalue weighted by molar-refractivity contribution is 6.02. The van der Waals surface area contributed by atoms with Gasteiger partial charge in [0.1, 0.15) is 0 Å². The smallest absolute Gasteiger partial charge is 0.265 e. The number of nitrogens with zero attached hydrogens (tertiary/aromatic N) is 2. The fraction of sp³-hybridized carbons (Fsp3) is 0.154. The van der Waals surface area contributed by atoms with E-state index in [-0.39, 0.29) is 11.4 Å². The molecule has 4 rings (SSSR count). The number of rotatable bonds is 4. The van der Waals surface area contributed by atoms with Crippen molar-refractivity contribution in [2.45, 2.75) is 27.2 Å². The second-order valence-electron chi connectivity index (χ2n) is 7.47. The van der Waals surface area contributed by atoms with Crippen molar-refractivity contribution < 1.29 is 5.11 Å². The van der Waals surface area contributed by atoms with Crippen LogP contribution in [0.4, 0.5) is 5.69 Å². The van der Waals surface area contributed by atoms with Gasteiger partial charge in [-0.3, -0.25) is 9.79 Å². The normalized spacial score (nSPS) is 11.4. The Morgan fingerprint density at radius 3 is 2.30 bits per heavy atom. The summed E-state index contributed by atoms with van der Waals surface area (Å²) in [6.07, 6.45) is 2.60. The maximum atomic E-state index is 13.2. The molecular weight excluding hydrogens is 372 g/mol. The van der Waals surface area contributed by atoms with Crippen LogP contribution >= 0.6 is 0 Å². The van der Waals surface area contributed by atoms with Crippen LogP contribution in [0.2, 0.25) is 0 Å². The highest BCUT2D eigenvalue weighted by Gasteiger charge is 2.16. The quantitative estimate of drug-likeness (QED) is 0.455. The predicted molar refractivity (Wildman–Crippen MR) is 124 cm³/mol. The monoisotopic (exact) mass is 396 g/mol. The molecule has 0 amide bonds. The molecule has 0 aliphatic heterocycles. The zero-order valence-corrected chi connectivity index (χ0v) is 17.4. The highest BCUT2D eigenvalue weighted by Crippen LogP contribution is 2.27. The summed E-state index contributed by atoms with van der Waals surface area (Å²) >= 11 is 0. The van der Waals surface area contributed by atoms with Gasteiger partial charge in [-0.2, -0.15) is 0 Å². The molecule has 3 aromatic carbocycles. The zero-order chi connectivity index (χ0) is 21.3. The summed E-state index contributed by atoms with van der Waals surface area (Å²) < 4.78 is 1.36. The number of fused-ring (bicyclic) bond motifs is 1. The molecule has 4 heteroatoms. The van der Waals surface area contributed by atoms with Gasteiger partial charge in [-0.05, 0) is 67.3 Å². The first-order chi connectivity index (χ1) is 14.5. The molecule has 0 unspecified atom stereocenters. The van der Waals surface area contributed by atoms with Gasteiger partial charge in [0.2, 0.25) is 5.88 Å². The third kappa shape index (κ3) is 3.52. The lowest BCUT2D eigenvalue weighted by Crippen LogP contribution is -2.20. The molecule has 30 heavy (non-hydrogen) atoms. The standard InChI is InChI=1S/C26H24N2O2/c1-4-19-10-12-20(13-11-19)27-16-24-22-7-5-6-8-23(22)25(29)28(26(24)30)21-14-9-17(2)18(3)15-21/h5-16,30H,4H2,1-3H3. The lowest BCUT2D eigenvalue weighted by molar-refractivity contribution is 0.436. The number of pyridine rings is 1. The van der Waals surface area contributed by atoms with Gasteiger partial charge in [-0.1, -0.05) is 43.3 Å². The summed E-state index contributed by atoms with van der Waals surface area (Å²) in [5.74, 6) is -0.115. The van der Waals surface area contributed by atoms with Crippen molar-refractivity contribution in [3.05, 3.63) is 99.3 Å². The average Bonchev–Trinajstić information content (AvgIpc) is 2.76. The molecule has 0 aliphatic rings. The number of benzene rings is 3. The van der Waals surface area contributed by atoms with Gasteiger partial charge in [-0.25, -0.2) is 4.57 Å². The number of aryl methyl sites for hydroxylation is 3. The molecule has 0 aliphatic carbocycles. The molecule has 0 saturated heterocycles. The zero-order valence-electron chi connectivity index (χ0n) is 17.4. The predicted octanol–water partition coefficient (Wildman–Crippen LogP) is 5.63. The fourth-order valence-corrected chi connectivity index (χ4v) is 3.55. The largest absolute Gasteiger partial charge is 0.494 e. The van der Waals surface area contributed by atoms with Gasteiger partial charge in [-0.15, -0.1) is 0 Å². The molecule has 1 heterocycles. The Labute approximate surface area is 175 Å². The fourth-order valence-electron chi connectivity index (χ4n) is 3.55. The third-order valence-corrected chi connectivity index (χ3v) is 5.54. The molecule has 4 aromatic rings. The molecule has 150 valence electrons. The van der Waals surface area contributed by atoms with Gasteiger partial charge < -0.3 is 5.11 Å². The third-order valence-electron chi connectivity index (χ3n) is 5.54. The van der Waals surface area contributed by atoms with Crippen LogP contribution in [0.1, 0.15) is 29.2 Å². The Bertz CT molecular complexity index is 1320. The number of aromatic hydroxyl groups is 1. The van der Waals surface area contributed by atoms with Crippen molar-refractivity contribution >= 4 is 22.7 Å². The molecule has 1 N–H and O–H groups in total. The summed E-state index contributed by atoms with van der Waals surface area (Å²) in [7, 11) is 0. The van der Waals surface area contributed by atoms with Crippen LogP contribution in [0.25, 0.3) is 16.5 Å². The van der Waals surface area contributed by atoms with E-state index in [0.717, 1.165) is 23.2 Å². The Hall–Kier alpha value is -3.66. The summed E-state index contributed by atoms with van der Waals surface area (Å²) in [5.41, 5.74) is 5.11. The molecule has 0 fully saturated rings. The second-order valence-corrected chi connectivity index (χ2v) is 7.47. The molecule has 0 saturated carbocycles. The van der Waals surface area contributed by atoms with Crippen molar-refractivity contribution in [2.75, 3.05) is 0 Å². The first-order valence-corrected chi connectivity index (χ1v) is 10.1. The minimum atomic E-state index is -0.254. The highest BCUT2D eigenvalue weighted by atomic mass is 16.3. The van der Waals surface area contributed by atoms with E-state index in [1.807, 2.05) is 74.5 Å². The first-order valence-electron chi connectivity index (χ1n) is 10.1. The van der Waals surface area contributed by atoms with E-state index in [1.54, 1.807) is 12.3 Å². The Balaban J connectivity index is 1.93. The van der Waals surface area contributed by atoms with Crippen molar-refractivity contribution in [3.8, 4) is 11.6 Å². The van der Waals surface area contributed by atoms with Crippen molar-refractivity contribution in [2.24, 2.45) is 4.99 Å². The minimum absolute atomic E-state index is 0.115. The van der Waals surface area contributed by atoms with Gasteiger partial charge in [0.05, 0.1) is 16.9 Å². The number of hydrogen-bond acceptors (Lipinski definition) is 3. The summed E-state index contributed by atoms with van der Waals surface area (Å²) in [6.45, 7) is 6.12. The molecule has 0 atom stereocenters. The van der Waals surface area contributed by atoms with E-state index < -0.39 is 0 Å². The molecular formula is C26H24N2O2. The summed E-state index contributed by atoms with van der Waals surface area (Å²) in [4.78, 5) is 17.8. The van der Waals surface area contributed by atoms with E-state index in [0.29, 0.717) is 22.0 Å². The summed E-state index contributed by atoms with van der Waals surface area (Å²) in [6, 6.07) is 21.0. The molecule has 4 nitrogen and oxygen atoms in total. The van der Waals surface area contributed by atoms with E-state index in [1.165, 1.54) is 10.1 Å². The molecule has 1 aromatic heterocycles. The maximum Gasteiger partial charge on any atom is 0.265 e. The lowest BCUT2D eigenvalue weighted by atomic mass is 10.1. The van der Waals surface area contributed by atoms with Crippen molar-refractivity contribution in [1.29, 1.82) is 0 Å². The van der Waals surface area contributed by atoms with Gasteiger partial charge in [0.25, 0.3) is 5.56 Å². The van der Waals surface area contributed by atoms with Crippen LogP contribution < -0.4 is 5.56 Å². The van der Waals surface area contributed by atoms with Crippen LogP contribution in [0, 0.1) is 13.8 Å². The van der Waals surface area contributed by atoms with E-state index in [4.69, 9.17) is 0 Å². The van der Waals surface area contributed by atoms with E-state index >= 15 is 0 Å².